The second-order valence-electron chi connectivity index (χ2n) is 14.4. The summed E-state index contributed by atoms with van der Waals surface area (Å²) in [6.07, 6.45) is 10.0. The quantitative estimate of drug-likeness (QED) is 0.170. The Kier molecular flexibility index (Phi) is 6.14. The van der Waals surface area contributed by atoms with Crippen molar-refractivity contribution in [3.63, 3.8) is 0 Å². The van der Waals surface area contributed by atoms with Gasteiger partial charge < -0.3 is 14.4 Å². The van der Waals surface area contributed by atoms with Gasteiger partial charge in [0, 0.05) is 64.9 Å². The van der Waals surface area contributed by atoms with Gasteiger partial charge in [-0.05, 0) is 83.5 Å². The first-order valence-electron chi connectivity index (χ1n) is 18.5. The summed E-state index contributed by atoms with van der Waals surface area (Å²) in [6.45, 7) is 0.106. The maximum absolute atomic E-state index is 2.63. The molecule has 0 N–H and O–H groups in total. The van der Waals surface area contributed by atoms with E-state index in [9.17, 15) is 0 Å². The van der Waals surface area contributed by atoms with Crippen molar-refractivity contribution in [2.75, 3.05) is 9.80 Å². The average molecular weight is 694 g/mol. The van der Waals surface area contributed by atoms with Crippen LogP contribution in [-0.2, 0) is 0 Å². The van der Waals surface area contributed by atoms with Gasteiger partial charge in [-0.2, -0.15) is 0 Å². The fraction of sp³-hybridized carbons (Fsp3) is 0.0417. The average Bonchev–Trinajstić information content (AvgIpc) is 3.75. The molecule has 1 atom stereocenters. The predicted molar refractivity (Wildman–Crippen MR) is 228 cm³/mol. The van der Waals surface area contributed by atoms with Gasteiger partial charge in [0.2, 0.25) is 0 Å². The van der Waals surface area contributed by atoms with Crippen LogP contribution in [0.1, 0.15) is 6.42 Å². The smallest absolute Gasteiger partial charge is 0.252 e. The third-order valence-corrected chi connectivity index (χ3v) is 12.8. The molecule has 7 aromatic carbocycles. The van der Waals surface area contributed by atoms with Gasteiger partial charge in [0.1, 0.15) is 0 Å². The number of hydrogen-bond donors (Lipinski definition) is 0. The van der Waals surface area contributed by atoms with E-state index >= 15 is 0 Å². The van der Waals surface area contributed by atoms with Crippen molar-refractivity contribution in [3.05, 3.63) is 176 Å². The molecule has 0 fully saturated rings. The van der Waals surface area contributed by atoms with Gasteiger partial charge >= 0.3 is 0 Å². The Bertz CT molecular complexity index is 2970. The molecule has 0 bridgehead atoms. The third-order valence-electron chi connectivity index (χ3n) is 11.6. The first kappa shape index (κ1) is 29.3. The number of rotatable bonds is 4. The van der Waals surface area contributed by atoms with Crippen molar-refractivity contribution in [3.8, 4) is 5.69 Å². The second kappa shape index (κ2) is 11.1. The topological polar surface area (TPSA) is 11.4 Å². The Balaban J connectivity index is 1.25. The maximum atomic E-state index is 2.63. The highest BCUT2D eigenvalue weighted by molar-refractivity contribution is 7.25. The van der Waals surface area contributed by atoms with Crippen molar-refractivity contribution in [1.82, 2.24) is 4.57 Å². The van der Waals surface area contributed by atoms with Crippen molar-refractivity contribution in [2.24, 2.45) is 0 Å². The molecular weight excluding hydrogens is 661 g/mol. The van der Waals surface area contributed by atoms with Gasteiger partial charge in [-0.3, -0.25) is 0 Å². The number of allylic oxidation sites excluding steroid dienone is 2. The molecule has 3 aliphatic rings. The summed E-state index contributed by atoms with van der Waals surface area (Å²) in [5, 5.41) is 5.28. The summed E-state index contributed by atoms with van der Waals surface area (Å²) in [6, 6.07) is 56.7. The zero-order chi connectivity index (χ0) is 34.6. The molecular formula is C48H32BN3S. The zero-order valence-electron chi connectivity index (χ0n) is 28.9. The van der Waals surface area contributed by atoms with E-state index in [1.807, 2.05) is 11.3 Å². The van der Waals surface area contributed by atoms with Crippen molar-refractivity contribution in [1.29, 1.82) is 0 Å². The molecule has 0 saturated carbocycles. The van der Waals surface area contributed by atoms with Gasteiger partial charge in [0.05, 0.1) is 17.2 Å². The number of para-hydroxylation sites is 4. The van der Waals surface area contributed by atoms with E-state index in [4.69, 9.17) is 0 Å². The van der Waals surface area contributed by atoms with Crippen LogP contribution in [-0.4, -0.2) is 17.3 Å². The van der Waals surface area contributed by atoms with Crippen molar-refractivity contribution in [2.45, 2.75) is 12.5 Å². The lowest BCUT2D eigenvalue weighted by atomic mass is 9.33. The number of anilines is 5. The minimum Gasteiger partial charge on any atom is -0.335 e. The molecule has 2 aliphatic heterocycles. The van der Waals surface area contributed by atoms with E-state index in [1.165, 1.54) is 75.4 Å². The van der Waals surface area contributed by atoms with Crippen LogP contribution in [0.25, 0.3) is 47.7 Å². The lowest BCUT2D eigenvalue weighted by Crippen LogP contribution is -2.61. The Morgan fingerprint density at radius 1 is 0.547 bits per heavy atom. The molecule has 2 aromatic heterocycles. The third kappa shape index (κ3) is 4.11. The van der Waals surface area contributed by atoms with E-state index in [1.54, 1.807) is 0 Å². The highest BCUT2D eigenvalue weighted by Crippen LogP contribution is 2.46. The lowest BCUT2D eigenvalue weighted by molar-refractivity contribution is 0.786. The standard InChI is InChI=1S/C48H32BN3S/c1-4-15-31(16-5-1)50(32-17-6-2-7-18-32)34-27-43-47-44(28-34)52-42-29-38-35-21-10-13-26-45(35)53-46(38)30-37(42)36-22-14-24-40(48(36)52)49(47)39-23-11-12-25-41(39)51(43)33-19-8-3-9-20-33/h1-19,21-30,33H,20H2. The molecule has 0 radical (unpaired) electrons. The molecule has 1 aliphatic carbocycles. The first-order valence-corrected chi connectivity index (χ1v) is 19.3. The van der Waals surface area contributed by atoms with Gasteiger partial charge in [-0.25, -0.2) is 0 Å². The monoisotopic (exact) mass is 693 g/mol. The molecule has 9 aromatic rings. The molecule has 12 rings (SSSR count). The number of fused-ring (bicyclic) bond motifs is 10. The molecule has 53 heavy (non-hydrogen) atoms. The Hall–Kier alpha value is -6.30. The summed E-state index contributed by atoms with van der Waals surface area (Å²) in [5.74, 6) is 0. The number of aromatic nitrogens is 1. The van der Waals surface area contributed by atoms with Crippen molar-refractivity contribution < 1.29 is 0 Å². The number of nitrogens with zero attached hydrogens (tertiary/aromatic N) is 3. The van der Waals surface area contributed by atoms with Gasteiger partial charge in [-0.1, -0.05) is 115 Å². The van der Waals surface area contributed by atoms with E-state index in [-0.39, 0.29) is 12.8 Å². The van der Waals surface area contributed by atoms with Crippen LogP contribution in [0, 0.1) is 0 Å². The number of thiophene rings is 1. The lowest BCUT2D eigenvalue weighted by Gasteiger charge is -2.44. The van der Waals surface area contributed by atoms with Crippen LogP contribution in [0.3, 0.4) is 0 Å². The number of benzene rings is 7. The van der Waals surface area contributed by atoms with Crippen LogP contribution in [0.4, 0.5) is 28.4 Å². The summed E-state index contributed by atoms with van der Waals surface area (Å²) >= 11 is 1.90. The Morgan fingerprint density at radius 2 is 1.26 bits per heavy atom. The normalized spacial score (nSPS) is 15.4. The van der Waals surface area contributed by atoms with Crippen LogP contribution in [0.2, 0.25) is 0 Å². The maximum Gasteiger partial charge on any atom is 0.252 e. The second-order valence-corrected chi connectivity index (χ2v) is 15.5. The van der Waals surface area contributed by atoms with Gasteiger partial charge in [0.15, 0.2) is 0 Å². The molecule has 0 amide bonds. The summed E-state index contributed by atoms with van der Waals surface area (Å²) in [4.78, 5) is 5.05. The van der Waals surface area contributed by atoms with E-state index in [2.05, 4.69) is 190 Å². The van der Waals surface area contributed by atoms with E-state index in [0.717, 1.165) is 23.5 Å². The van der Waals surface area contributed by atoms with Gasteiger partial charge in [-0.15, -0.1) is 11.3 Å². The molecule has 3 nitrogen and oxygen atoms in total. The van der Waals surface area contributed by atoms with Crippen molar-refractivity contribution >= 4 is 105 Å². The largest absolute Gasteiger partial charge is 0.335 e. The molecule has 248 valence electrons. The van der Waals surface area contributed by atoms with E-state index in [0.29, 0.717) is 0 Å². The fourth-order valence-electron chi connectivity index (χ4n) is 9.49. The van der Waals surface area contributed by atoms with Crippen LogP contribution < -0.4 is 26.2 Å². The SMILES string of the molecule is C1=CCC(N2c3ccccc3B3c4c2cc(N(c2ccccc2)c2ccccc2)cc4-n2c4cc5c(cc4c4cccc3c42)sc2ccccc25)C=C1. The molecule has 4 heterocycles. The Morgan fingerprint density at radius 3 is 2.08 bits per heavy atom. The summed E-state index contributed by atoms with van der Waals surface area (Å²) in [5.41, 5.74) is 13.9. The summed E-state index contributed by atoms with van der Waals surface area (Å²) < 4.78 is 5.29. The first-order chi connectivity index (χ1) is 26.3. The fourth-order valence-corrected chi connectivity index (χ4v) is 10.6. The Labute approximate surface area is 312 Å². The molecule has 5 heteroatoms. The van der Waals surface area contributed by atoms with Crippen LogP contribution in [0.15, 0.2) is 176 Å². The van der Waals surface area contributed by atoms with Crippen LogP contribution in [0.5, 0.6) is 0 Å². The minimum absolute atomic E-state index is 0.106. The van der Waals surface area contributed by atoms with Crippen LogP contribution >= 0.6 is 11.3 Å². The highest BCUT2D eigenvalue weighted by atomic mass is 32.1. The van der Waals surface area contributed by atoms with Gasteiger partial charge in [0.25, 0.3) is 6.71 Å². The molecule has 1 unspecified atom stereocenters. The highest BCUT2D eigenvalue weighted by Gasteiger charge is 2.43. The minimum atomic E-state index is 0.106. The zero-order valence-corrected chi connectivity index (χ0v) is 29.7. The molecule has 0 saturated heterocycles. The van der Waals surface area contributed by atoms with E-state index < -0.39 is 0 Å². The predicted octanol–water partition coefficient (Wildman–Crippen LogP) is 10.8. The number of hydrogen-bond acceptors (Lipinski definition) is 3. The molecule has 0 spiro atoms. The summed E-state index contributed by atoms with van der Waals surface area (Å²) in [7, 11) is 0.